The van der Waals surface area contributed by atoms with E-state index in [0.717, 1.165) is 38.5 Å². The Morgan fingerprint density at radius 1 is 0.913 bits per heavy atom. The van der Waals surface area contributed by atoms with Crippen LogP contribution in [0.5, 0.6) is 0 Å². The van der Waals surface area contributed by atoms with Crippen molar-refractivity contribution in [1.82, 2.24) is 0 Å². The van der Waals surface area contributed by atoms with Crippen LogP contribution in [0.15, 0.2) is 48.6 Å². The summed E-state index contributed by atoms with van der Waals surface area (Å²) in [4.78, 5) is 10.2. The van der Waals surface area contributed by atoms with Crippen LogP contribution in [-0.2, 0) is 9.53 Å². The van der Waals surface area contributed by atoms with E-state index >= 15 is 0 Å². The number of hydrogen-bond donors (Lipinski definition) is 0. The van der Waals surface area contributed by atoms with Crippen molar-refractivity contribution in [3.63, 3.8) is 0 Å². The average Bonchev–Trinajstić information content (AvgIpc) is 3.27. The average molecular weight is 317 g/mol. The van der Waals surface area contributed by atoms with Gasteiger partial charge in [0, 0.05) is 5.97 Å². The summed E-state index contributed by atoms with van der Waals surface area (Å²) in [6.07, 6.45) is 24.6. The zero-order chi connectivity index (χ0) is 16.8. The molecule has 2 unspecified atom stereocenters. The summed E-state index contributed by atoms with van der Waals surface area (Å²) in [5, 5.41) is 10.2. The van der Waals surface area contributed by atoms with Gasteiger partial charge in [0.1, 0.15) is 0 Å². The molecule has 0 aromatic rings. The third-order valence-electron chi connectivity index (χ3n) is 3.62. The van der Waals surface area contributed by atoms with Gasteiger partial charge >= 0.3 is 0 Å². The maximum Gasteiger partial charge on any atom is 0.0879 e. The predicted octanol–water partition coefficient (Wildman–Crippen LogP) is 3.87. The first-order chi connectivity index (χ1) is 11.2. The molecular formula is C20H29O3-. The van der Waals surface area contributed by atoms with Gasteiger partial charge in [-0.25, -0.2) is 0 Å². The van der Waals surface area contributed by atoms with Gasteiger partial charge < -0.3 is 14.6 Å². The third kappa shape index (κ3) is 11.6. The van der Waals surface area contributed by atoms with E-state index in [1.165, 1.54) is 0 Å². The van der Waals surface area contributed by atoms with Crippen molar-refractivity contribution in [3.8, 4) is 0 Å². The second-order valence-electron chi connectivity index (χ2n) is 5.71. The molecule has 0 bridgehead atoms. The zero-order valence-electron chi connectivity index (χ0n) is 14.2. The number of carboxylic acid groups (broad SMARTS) is 1. The molecular weight excluding hydrogens is 288 g/mol. The van der Waals surface area contributed by atoms with Crippen molar-refractivity contribution < 1.29 is 14.6 Å². The predicted molar refractivity (Wildman–Crippen MR) is 92.8 cm³/mol. The molecule has 2 atom stereocenters. The molecule has 1 fully saturated rings. The molecule has 3 heteroatoms. The van der Waals surface area contributed by atoms with Crippen molar-refractivity contribution in [1.29, 1.82) is 0 Å². The number of carboxylic acids is 1. The number of hydrogen-bond acceptors (Lipinski definition) is 3. The Balaban J connectivity index is 1.95. The molecule has 0 spiro atoms. The van der Waals surface area contributed by atoms with Gasteiger partial charge in [-0.1, -0.05) is 55.5 Å². The molecule has 0 N–H and O–H groups in total. The van der Waals surface area contributed by atoms with Gasteiger partial charge in [-0.05, 0) is 51.4 Å². The minimum Gasteiger partial charge on any atom is -0.550 e. The molecule has 0 aliphatic carbocycles. The number of carbonyl (C=O) groups excluding carboxylic acids is 1. The molecule has 1 saturated heterocycles. The van der Waals surface area contributed by atoms with Crippen molar-refractivity contribution >= 4 is 5.97 Å². The van der Waals surface area contributed by atoms with E-state index in [1.54, 1.807) is 0 Å². The van der Waals surface area contributed by atoms with Gasteiger partial charge in [0.2, 0.25) is 0 Å². The van der Waals surface area contributed by atoms with Crippen LogP contribution < -0.4 is 5.11 Å². The number of carbonyl (C=O) groups is 1. The lowest BCUT2D eigenvalue weighted by Crippen LogP contribution is -2.21. The maximum absolute atomic E-state index is 10.2. The molecule has 23 heavy (non-hydrogen) atoms. The normalized spacial score (nSPS) is 21.3. The van der Waals surface area contributed by atoms with E-state index in [2.05, 4.69) is 49.5 Å². The number of aliphatic carboxylic acids is 1. The van der Waals surface area contributed by atoms with Crippen LogP contribution in [0.4, 0.5) is 0 Å². The summed E-state index contributed by atoms with van der Waals surface area (Å²) in [6, 6.07) is 0. The zero-order valence-corrected chi connectivity index (χ0v) is 14.2. The van der Waals surface area contributed by atoms with Crippen LogP contribution in [0, 0.1) is 0 Å². The highest BCUT2D eigenvalue weighted by molar-refractivity contribution is 5.64. The highest BCUT2D eigenvalue weighted by Gasteiger charge is 2.35. The van der Waals surface area contributed by atoms with Gasteiger partial charge in [-0.2, -0.15) is 0 Å². The number of unbranched alkanes of at least 4 members (excludes halogenated alkanes) is 1. The Bertz CT molecular complexity index is 432. The van der Waals surface area contributed by atoms with Crippen LogP contribution in [-0.4, -0.2) is 18.2 Å². The van der Waals surface area contributed by atoms with Gasteiger partial charge in [0.05, 0.1) is 12.2 Å². The molecule has 0 aromatic carbocycles. The Morgan fingerprint density at radius 3 is 2.04 bits per heavy atom. The molecule has 128 valence electrons. The number of epoxide rings is 1. The molecule has 1 heterocycles. The maximum atomic E-state index is 10.2. The quantitative estimate of drug-likeness (QED) is 0.294. The summed E-state index contributed by atoms with van der Waals surface area (Å²) in [7, 11) is 0. The van der Waals surface area contributed by atoms with E-state index < -0.39 is 5.97 Å². The van der Waals surface area contributed by atoms with E-state index in [4.69, 9.17) is 4.74 Å². The van der Waals surface area contributed by atoms with E-state index in [0.29, 0.717) is 18.6 Å². The third-order valence-corrected chi connectivity index (χ3v) is 3.62. The summed E-state index contributed by atoms with van der Waals surface area (Å²) in [5.41, 5.74) is 0. The minimum atomic E-state index is -0.968. The molecule has 1 aliphatic rings. The lowest BCUT2D eigenvalue weighted by atomic mass is 10.1. The molecule has 1 rings (SSSR count). The fraction of sp³-hybridized carbons (Fsp3) is 0.550. The summed E-state index contributed by atoms with van der Waals surface area (Å²) in [5.74, 6) is -0.968. The Labute approximate surface area is 140 Å². The van der Waals surface area contributed by atoms with Crippen molar-refractivity contribution in [3.05, 3.63) is 48.6 Å². The topological polar surface area (TPSA) is 52.7 Å². The van der Waals surface area contributed by atoms with Gasteiger partial charge in [0.25, 0.3) is 0 Å². The highest BCUT2D eigenvalue weighted by Crippen LogP contribution is 2.29. The van der Waals surface area contributed by atoms with Crippen LogP contribution in [0.2, 0.25) is 0 Å². The van der Waals surface area contributed by atoms with E-state index in [9.17, 15) is 9.90 Å². The van der Waals surface area contributed by atoms with E-state index in [-0.39, 0.29) is 6.42 Å². The lowest BCUT2D eigenvalue weighted by Gasteiger charge is -1.97. The smallest absolute Gasteiger partial charge is 0.0879 e. The van der Waals surface area contributed by atoms with Crippen LogP contribution in [0.3, 0.4) is 0 Å². The van der Waals surface area contributed by atoms with Crippen LogP contribution in [0.25, 0.3) is 0 Å². The first kappa shape index (κ1) is 19.4. The van der Waals surface area contributed by atoms with Crippen molar-refractivity contribution in [2.75, 3.05) is 0 Å². The van der Waals surface area contributed by atoms with Crippen LogP contribution >= 0.6 is 0 Å². The summed E-state index contributed by atoms with van der Waals surface area (Å²) in [6.45, 7) is 2.14. The summed E-state index contributed by atoms with van der Waals surface area (Å²) >= 11 is 0. The highest BCUT2D eigenvalue weighted by atomic mass is 16.6. The SMILES string of the molecule is CC/C=C\C/C=C\CC1OC1C/C=C\C/C=C\CCCC(=O)[O-]. The second-order valence-corrected chi connectivity index (χ2v) is 5.71. The van der Waals surface area contributed by atoms with Gasteiger partial charge in [-0.3, -0.25) is 0 Å². The fourth-order valence-electron chi connectivity index (χ4n) is 2.25. The number of ether oxygens (including phenoxy) is 1. The molecule has 3 nitrogen and oxygen atoms in total. The monoisotopic (exact) mass is 317 g/mol. The molecule has 0 aromatic heterocycles. The van der Waals surface area contributed by atoms with E-state index in [1.807, 2.05) is 6.08 Å². The molecule has 0 radical (unpaired) electrons. The molecule has 0 amide bonds. The standard InChI is InChI=1S/C20H30O3/c1-2-3-4-5-9-12-15-18-19(23-18)16-13-10-7-6-8-11-14-17-20(21)22/h3-4,6,8-10,12-13,18-19H,2,5,7,11,14-17H2,1H3,(H,21,22)/p-1/b4-3-,8-6-,12-9-,13-10-. The summed E-state index contributed by atoms with van der Waals surface area (Å²) < 4.78 is 5.63. The van der Waals surface area contributed by atoms with Crippen molar-refractivity contribution in [2.24, 2.45) is 0 Å². The number of rotatable bonds is 13. The first-order valence-corrected chi connectivity index (χ1v) is 8.69. The fourth-order valence-corrected chi connectivity index (χ4v) is 2.25. The molecule has 0 saturated carbocycles. The number of allylic oxidation sites excluding steroid dienone is 6. The Kier molecular flexibility index (Phi) is 10.9. The minimum absolute atomic E-state index is 0.143. The van der Waals surface area contributed by atoms with Gasteiger partial charge in [0.15, 0.2) is 0 Å². The van der Waals surface area contributed by atoms with Gasteiger partial charge in [-0.15, -0.1) is 0 Å². The Morgan fingerprint density at radius 2 is 1.48 bits per heavy atom. The lowest BCUT2D eigenvalue weighted by molar-refractivity contribution is -0.305. The second kappa shape index (κ2) is 12.9. The molecule has 1 aliphatic heterocycles. The van der Waals surface area contributed by atoms with Crippen molar-refractivity contribution in [2.45, 2.75) is 70.5 Å². The first-order valence-electron chi connectivity index (χ1n) is 8.69. The Hall–Kier alpha value is -1.61. The largest absolute Gasteiger partial charge is 0.550 e. The van der Waals surface area contributed by atoms with Crippen LogP contribution in [0.1, 0.15) is 58.3 Å².